The molecule has 2 heterocycles. The van der Waals surface area contributed by atoms with Crippen molar-refractivity contribution in [2.45, 2.75) is 0 Å². The van der Waals surface area contributed by atoms with E-state index in [1.54, 1.807) is 53.9 Å². The number of allylic oxidation sites excluding steroid dienone is 1. The van der Waals surface area contributed by atoms with Crippen molar-refractivity contribution < 1.29 is 5.11 Å². The van der Waals surface area contributed by atoms with Crippen molar-refractivity contribution in [2.24, 2.45) is 4.99 Å². The molecular weight excluding hydrogens is 266 g/mol. The lowest BCUT2D eigenvalue weighted by Gasteiger charge is -2.16. The summed E-state index contributed by atoms with van der Waals surface area (Å²) in [6.45, 7) is 0. The number of phenolic OH excluding ortho intramolecular Hbond substituents is 1. The summed E-state index contributed by atoms with van der Waals surface area (Å²) < 4.78 is 0. The van der Waals surface area contributed by atoms with E-state index in [1.807, 2.05) is 12.3 Å². The van der Waals surface area contributed by atoms with Gasteiger partial charge in [0.1, 0.15) is 5.75 Å². The maximum Gasteiger partial charge on any atom is 0.170 e. The fourth-order valence-corrected chi connectivity index (χ4v) is 1.97. The second-order valence-electron chi connectivity index (χ2n) is 4.36. The minimum absolute atomic E-state index is 0.146. The fourth-order valence-electron chi connectivity index (χ4n) is 1.97. The normalized spacial score (nSPS) is 13.4. The Morgan fingerprint density at radius 2 is 1.95 bits per heavy atom. The number of nitrogens with two attached hydrogens (primary N) is 1. The molecule has 6 nitrogen and oxygen atoms in total. The molecule has 2 aromatic rings. The minimum Gasteiger partial charge on any atom is -0.507 e. The van der Waals surface area contributed by atoms with Crippen molar-refractivity contribution in [1.82, 2.24) is 10.2 Å². The Labute approximate surface area is 121 Å². The molecule has 0 atom stereocenters. The lowest BCUT2D eigenvalue weighted by molar-refractivity contribution is 0.477. The highest BCUT2D eigenvalue weighted by Crippen LogP contribution is 2.31. The van der Waals surface area contributed by atoms with E-state index >= 15 is 0 Å². The lowest BCUT2D eigenvalue weighted by atomic mass is 10.1. The van der Waals surface area contributed by atoms with Crippen LogP contribution < -0.4 is 10.6 Å². The van der Waals surface area contributed by atoms with E-state index in [0.717, 1.165) is 0 Å². The standard InChI is InChI=1S/C15H13N5O/c16-15-13(20-8-3-6-17-7-9-20)10-12(18-19-15)11-4-1-2-5-14(11)21/h1-10,21H,(H2,16,19). The Kier molecular flexibility index (Phi) is 3.34. The zero-order valence-electron chi connectivity index (χ0n) is 11.1. The number of phenols is 1. The van der Waals surface area contributed by atoms with E-state index in [2.05, 4.69) is 15.2 Å². The molecule has 21 heavy (non-hydrogen) atoms. The molecule has 1 aromatic heterocycles. The first kappa shape index (κ1) is 12.9. The number of nitrogens with zero attached hydrogens (tertiary/aromatic N) is 4. The highest BCUT2D eigenvalue weighted by Gasteiger charge is 2.12. The first-order chi connectivity index (χ1) is 10.3. The zero-order valence-corrected chi connectivity index (χ0v) is 11.1. The van der Waals surface area contributed by atoms with Crippen LogP contribution in [0.5, 0.6) is 5.75 Å². The summed E-state index contributed by atoms with van der Waals surface area (Å²) in [6.07, 6.45) is 8.70. The van der Waals surface area contributed by atoms with Crippen molar-refractivity contribution in [3.05, 3.63) is 55.0 Å². The SMILES string of the molecule is Nc1nnc(-c2ccccc2O)cc1N1C=CC=NC=C1. The highest BCUT2D eigenvalue weighted by atomic mass is 16.3. The fraction of sp³-hybridized carbons (Fsp3) is 0. The molecule has 6 heteroatoms. The molecular formula is C15H13N5O. The molecule has 1 aliphatic heterocycles. The molecule has 0 fully saturated rings. The van der Waals surface area contributed by atoms with E-state index < -0.39 is 0 Å². The number of aromatic nitrogens is 2. The van der Waals surface area contributed by atoms with Gasteiger partial charge in [-0.1, -0.05) is 12.1 Å². The summed E-state index contributed by atoms with van der Waals surface area (Å²) in [5, 5.41) is 17.9. The molecule has 104 valence electrons. The maximum atomic E-state index is 9.92. The van der Waals surface area contributed by atoms with Crippen LogP contribution in [0, 0.1) is 0 Å². The largest absolute Gasteiger partial charge is 0.507 e. The molecule has 3 rings (SSSR count). The predicted octanol–water partition coefficient (Wildman–Crippen LogP) is 2.31. The molecule has 0 amide bonds. The molecule has 1 aromatic carbocycles. The Balaban J connectivity index is 2.07. The number of aromatic hydroxyl groups is 1. The Morgan fingerprint density at radius 3 is 2.81 bits per heavy atom. The van der Waals surface area contributed by atoms with Crippen LogP contribution in [-0.2, 0) is 0 Å². The average molecular weight is 279 g/mol. The van der Waals surface area contributed by atoms with Crippen molar-refractivity contribution in [1.29, 1.82) is 0 Å². The van der Waals surface area contributed by atoms with Gasteiger partial charge >= 0.3 is 0 Å². The van der Waals surface area contributed by atoms with Crippen LogP contribution in [0.15, 0.2) is 60.0 Å². The second-order valence-corrected chi connectivity index (χ2v) is 4.36. The number of aliphatic imine (C=N–C) groups is 1. The smallest absolute Gasteiger partial charge is 0.170 e. The highest BCUT2D eigenvalue weighted by molar-refractivity contribution is 5.78. The molecule has 0 unspecified atom stereocenters. The summed E-state index contributed by atoms with van der Waals surface area (Å²) in [5.74, 6) is 0.443. The predicted molar refractivity (Wildman–Crippen MR) is 82.8 cm³/mol. The number of hydrogen-bond acceptors (Lipinski definition) is 6. The van der Waals surface area contributed by atoms with Gasteiger partial charge in [0.25, 0.3) is 0 Å². The molecule has 0 bridgehead atoms. The number of hydrogen-bond donors (Lipinski definition) is 2. The van der Waals surface area contributed by atoms with Gasteiger partial charge in [-0.25, -0.2) is 0 Å². The molecule has 3 N–H and O–H groups in total. The number of benzene rings is 1. The third kappa shape index (κ3) is 2.59. The molecule has 0 saturated heterocycles. The van der Waals surface area contributed by atoms with Gasteiger partial charge in [-0.2, -0.15) is 0 Å². The summed E-state index contributed by atoms with van der Waals surface area (Å²) in [4.78, 5) is 5.81. The second kappa shape index (κ2) is 5.46. The third-order valence-corrected chi connectivity index (χ3v) is 2.99. The van der Waals surface area contributed by atoms with Crippen molar-refractivity contribution in [3.8, 4) is 17.0 Å². The van der Waals surface area contributed by atoms with Crippen LogP contribution in [0.4, 0.5) is 11.5 Å². The van der Waals surface area contributed by atoms with Crippen LogP contribution in [-0.4, -0.2) is 21.5 Å². The van der Waals surface area contributed by atoms with E-state index in [0.29, 0.717) is 22.8 Å². The number of para-hydroxylation sites is 1. The van der Waals surface area contributed by atoms with E-state index in [4.69, 9.17) is 5.73 Å². The van der Waals surface area contributed by atoms with Crippen LogP contribution in [0.2, 0.25) is 0 Å². The lowest BCUT2D eigenvalue weighted by Crippen LogP contribution is -2.11. The monoisotopic (exact) mass is 279 g/mol. The molecule has 0 saturated carbocycles. The van der Waals surface area contributed by atoms with Crippen LogP contribution in [0.25, 0.3) is 11.3 Å². The topological polar surface area (TPSA) is 87.6 Å². The van der Waals surface area contributed by atoms with Crippen molar-refractivity contribution >= 4 is 17.7 Å². The van der Waals surface area contributed by atoms with Gasteiger partial charge in [0.05, 0.1) is 11.4 Å². The summed E-state index contributed by atoms with van der Waals surface area (Å²) >= 11 is 0. The molecule has 1 aliphatic rings. The molecule has 0 spiro atoms. The third-order valence-electron chi connectivity index (χ3n) is 2.99. The van der Waals surface area contributed by atoms with Gasteiger partial charge in [0, 0.05) is 30.4 Å². The number of nitrogen functional groups attached to an aromatic ring is 1. The first-order valence-corrected chi connectivity index (χ1v) is 6.32. The number of anilines is 2. The maximum absolute atomic E-state index is 9.92. The van der Waals surface area contributed by atoms with Gasteiger partial charge in [0.2, 0.25) is 0 Å². The molecule has 0 radical (unpaired) electrons. The van der Waals surface area contributed by atoms with E-state index in [9.17, 15) is 5.11 Å². The number of rotatable bonds is 2. The average Bonchev–Trinajstić information content (AvgIpc) is 2.78. The van der Waals surface area contributed by atoms with E-state index in [1.165, 1.54) is 0 Å². The molecule has 0 aliphatic carbocycles. The van der Waals surface area contributed by atoms with Gasteiger partial charge in [-0.05, 0) is 24.3 Å². The summed E-state index contributed by atoms with van der Waals surface area (Å²) in [7, 11) is 0. The van der Waals surface area contributed by atoms with E-state index in [-0.39, 0.29) is 5.75 Å². The van der Waals surface area contributed by atoms with Crippen molar-refractivity contribution in [2.75, 3.05) is 10.6 Å². The Morgan fingerprint density at radius 1 is 1.10 bits per heavy atom. The van der Waals surface area contributed by atoms with Gasteiger partial charge in [-0.15, -0.1) is 10.2 Å². The van der Waals surface area contributed by atoms with Crippen LogP contribution in [0.3, 0.4) is 0 Å². The van der Waals surface area contributed by atoms with Gasteiger partial charge in [0.15, 0.2) is 5.82 Å². The van der Waals surface area contributed by atoms with Gasteiger partial charge in [-0.3, -0.25) is 4.99 Å². The summed E-state index contributed by atoms with van der Waals surface area (Å²) in [6, 6.07) is 8.73. The quantitative estimate of drug-likeness (QED) is 0.880. The Bertz CT molecular complexity index is 735. The van der Waals surface area contributed by atoms with Crippen LogP contribution in [0.1, 0.15) is 0 Å². The summed E-state index contributed by atoms with van der Waals surface area (Å²) in [5.41, 5.74) is 7.72. The van der Waals surface area contributed by atoms with Crippen molar-refractivity contribution in [3.63, 3.8) is 0 Å². The first-order valence-electron chi connectivity index (χ1n) is 6.32. The Hall–Kier alpha value is -3.15. The van der Waals surface area contributed by atoms with Gasteiger partial charge < -0.3 is 15.7 Å². The zero-order chi connectivity index (χ0) is 14.7. The van der Waals surface area contributed by atoms with Crippen LogP contribution >= 0.6 is 0 Å². The minimum atomic E-state index is 0.146.